The second-order valence-electron chi connectivity index (χ2n) is 8.37. The van der Waals surface area contributed by atoms with Crippen LogP contribution < -0.4 is 0 Å². The molecule has 2 N–H and O–H groups in total. The van der Waals surface area contributed by atoms with Gasteiger partial charge in [-0.25, -0.2) is 9.78 Å². The van der Waals surface area contributed by atoms with Crippen LogP contribution in [0.2, 0.25) is 0 Å². The van der Waals surface area contributed by atoms with Gasteiger partial charge in [0.25, 0.3) is 0 Å². The van der Waals surface area contributed by atoms with Crippen LogP contribution in [0.15, 0.2) is 22.7 Å². The summed E-state index contributed by atoms with van der Waals surface area (Å²) in [6.07, 6.45) is 2.88. The van der Waals surface area contributed by atoms with E-state index >= 15 is 0 Å². The molecule has 1 aliphatic heterocycles. The van der Waals surface area contributed by atoms with Gasteiger partial charge >= 0.3 is 6.09 Å². The molecule has 3 rings (SSSR count). The zero-order valence-electron chi connectivity index (χ0n) is 16.5. The van der Waals surface area contributed by atoms with E-state index in [2.05, 4.69) is 20.9 Å². The second kappa shape index (κ2) is 8.15. The van der Waals surface area contributed by atoms with Gasteiger partial charge in [0.05, 0.1) is 11.1 Å². The number of carbonyl (C=O) groups excluding carboxylic acids is 1. The molecule has 0 saturated carbocycles. The van der Waals surface area contributed by atoms with E-state index in [0.717, 1.165) is 23.7 Å². The fourth-order valence-corrected chi connectivity index (χ4v) is 3.92. The van der Waals surface area contributed by atoms with Crippen molar-refractivity contribution in [1.29, 1.82) is 0 Å². The molecular formula is C21H27BrN2O4. The minimum Gasteiger partial charge on any atom is -0.507 e. The lowest BCUT2D eigenvalue weighted by Crippen LogP contribution is -2.41. The van der Waals surface area contributed by atoms with Gasteiger partial charge in [0.15, 0.2) is 0 Å². The number of amides is 1. The maximum Gasteiger partial charge on any atom is 0.410 e. The number of aromatic nitrogens is 1. The Balaban J connectivity index is 1.61. The van der Waals surface area contributed by atoms with Crippen LogP contribution in [0, 0.1) is 5.92 Å². The molecule has 1 fully saturated rings. The molecule has 2 aromatic rings. The third kappa shape index (κ3) is 4.87. The highest BCUT2D eigenvalue weighted by molar-refractivity contribution is 9.10. The molecule has 0 unspecified atom stereocenters. The summed E-state index contributed by atoms with van der Waals surface area (Å²) < 4.78 is 6.28. The molecule has 1 aromatic heterocycles. The number of likely N-dealkylation sites (tertiary alicyclic amines) is 1. The number of hydrogen-bond acceptors (Lipinski definition) is 5. The minimum absolute atomic E-state index is 0.0926. The molecule has 1 aliphatic rings. The van der Waals surface area contributed by atoms with Crippen LogP contribution in [0.3, 0.4) is 0 Å². The summed E-state index contributed by atoms with van der Waals surface area (Å²) in [6, 6.07) is 5.39. The van der Waals surface area contributed by atoms with Crippen molar-refractivity contribution in [3.63, 3.8) is 0 Å². The van der Waals surface area contributed by atoms with E-state index in [1.807, 2.05) is 26.8 Å². The fraction of sp³-hybridized carbons (Fsp3) is 0.524. The number of pyridine rings is 1. The van der Waals surface area contributed by atoms with Crippen LogP contribution in [0.4, 0.5) is 4.79 Å². The van der Waals surface area contributed by atoms with Gasteiger partial charge in [0.1, 0.15) is 11.4 Å². The SMILES string of the molecule is CC(C)(C)OC(=O)N1CCC(CCc2c(O)nc3ccc(Br)cc3c2O)CC1. The lowest BCUT2D eigenvalue weighted by atomic mass is 9.90. The van der Waals surface area contributed by atoms with Crippen molar-refractivity contribution in [2.75, 3.05) is 13.1 Å². The molecule has 1 saturated heterocycles. The Morgan fingerprint density at radius 2 is 1.96 bits per heavy atom. The van der Waals surface area contributed by atoms with E-state index in [1.54, 1.807) is 17.0 Å². The molecule has 28 heavy (non-hydrogen) atoms. The van der Waals surface area contributed by atoms with Crippen molar-refractivity contribution >= 4 is 32.9 Å². The topological polar surface area (TPSA) is 82.9 Å². The first-order chi connectivity index (χ1) is 13.1. The summed E-state index contributed by atoms with van der Waals surface area (Å²) in [5.41, 5.74) is 0.564. The van der Waals surface area contributed by atoms with E-state index in [9.17, 15) is 15.0 Å². The average molecular weight is 451 g/mol. The number of hydrogen-bond donors (Lipinski definition) is 2. The summed E-state index contributed by atoms with van der Waals surface area (Å²) in [6.45, 7) is 6.94. The highest BCUT2D eigenvalue weighted by Gasteiger charge is 2.27. The summed E-state index contributed by atoms with van der Waals surface area (Å²) in [5, 5.41) is 21.5. The van der Waals surface area contributed by atoms with E-state index < -0.39 is 5.60 Å². The Kier molecular flexibility index (Phi) is 6.03. The Labute approximate surface area is 173 Å². The number of ether oxygens (including phenoxy) is 1. The van der Waals surface area contributed by atoms with Crippen molar-refractivity contribution < 1.29 is 19.7 Å². The Bertz CT molecular complexity index is 871. The van der Waals surface area contributed by atoms with Gasteiger partial charge < -0.3 is 19.8 Å². The predicted octanol–water partition coefficient (Wildman–Crippen LogP) is 4.99. The lowest BCUT2D eigenvalue weighted by molar-refractivity contribution is 0.0181. The number of nitrogens with zero attached hydrogens (tertiary/aromatic N) is 2. The number of aromatic hydroxyl groups is 2. The monoisotopic (exact) mass is 450 g/mol. The molecule has 1 amide bonds. The van der Waals surface area contributed by atoms with Crippen LogP contribution in [0.1, 0.15) is 45.6 Å². The number of piperidine rings is 1. The molecule has 1 aromatic carbocycles. The smallest absolute Gasteiger partial charge is 0.410 e. The fourth-order valence-electron chi connectivity index (χ4n) is 3.55. The molecule has 7 heteroatoms. The van der Waals surface area contributed by atoms with Crippen LogP contribution in [-0.4, -0.2) is 44.9 Å². The second-order valence-corrected chi connectivity index (χ2v) is 9.29. The minimum atomic E-state index is -0.485. The number of fused-ring (bicyclic) bond motifs is 1. The van der Waals surface area contributed by atoms with Crippen LogP contribution in [0.25, 0.3) is 10.9 Å². The third-order valence-electron chi connectivity index (χ3n) is 5.06. The molecule has 0 atom stereocenters. The molecule has 2 heterocycles. The van der Waals surface area contributed by atoms with Crippen molar-refractivity contribution in [1.82, 2.24) is 9.88 Å². The van der Waals surface area contributed by atoms with Crippen molar-refractivity contribution in [2.24, 2.45) is 5.92 Å². The quantitative estimate of drug-likeness (QED) is 0.687. The molecule has 152 valence electrons. The highest BCUT2D eigenvalue weighted by atomic mass is 79.9. The average Bonchev–Trinajstić information content (AvgIpc) is 2.61. The zero-order valence-corrected chi connectivity index (χ0v) is 18.1. The van der Waals surface area contributed by atoms with Gasteiger partial charge in [0, 0.05) is 22.9 Å². The molecule has 0 radical (unpaired) electrons. The molecule has 0 spiro atoms. The number of halogens is 1. The number of benzene rings is 1. The normalized spacial score (nSPS) is 15.8. The Morgan fingerprint density at radius 3 is 2.61 bits per heavy atom. The Morgan fingerprint density at radius 1 is 1.29 bits per heavy atom. The van der Waals surface area contributed by atoms with E-state index in [0.29, 0.717) is 41.9 Å². The van der Waals surface area contributed by atoms with Crippen LogP contribution in [-0.2, 0) is 11.2 Å². The van der Waals surface area contributed by atoms with Crippen LogP contribution in [0.5, 0.6) is 11.6 Å². The summed E-state index contributed by atoms with van der Waals surface area (Å²) in [7, 11) is 0. The van der Waals surface area contributed by atoms with Gasteiger partial charge in [0.2, 0.25) is 5.88 Å². The maximum absolute atomic E-state index is 12.2. The van der Waals surface area contributed by atoms with Gasteiger partial charge in [-0.3, -0.25) is 0 Å². The van der Waals surface area contributed by atoms with E-state index in [1.165, 1.54) is 0 Å². The van der Waals surface area contributed by atoms with E-state index in [4.69, 9.17) is 4.74 Å². The lowest BCUT2D eigenvalue weighted by Gasteiger charge is -2.33. The summed E-state index contributed by atoms with van der Waals surface area (Å²) in [5.74, 6) is 0.407. The predicted molar refractivity (Wildman–Crippen MR) is 112 cm³/mol. The first kappa shape index (κ1) is 20.7. The molecule has 6 nitrogen and oxygen atoms in total. The number of carbonyl (C=O) groups is 1. The first-order valence-corrected chi connectivity index (χ1v) is 10.4. The Hall–Kier alpha value is -2.02. The van der Waals surface area contributed by atoms with Gasteiger partial charge in [-0.2, -0.15) is 0 Å². The van der Waals surface area contributed by atoms with Crippen molar-refractivity contribution in [3.8, 4) is 11.6 Å². The highest BCUT2D eigenvalue weighted by Crippen LogP contribution is 2.36. The summed E-state index contributed by atoms with van der Waals surface area (Å²) >= 11 is 3.40. The van der Waals surface area contributed by atoms with Gasteiger partial charge in [-0.15, -0.1) is 0 Å². The summed E-state index contributed by atoms with van der Waals surface area (Å²) in [4.78, 5) is 18.1. The molecule has 0 aliphatic carbocycles. The van der Waals surface area contributed by atoms with Gasteiger partial charge in [-0.05, 0) is 70.6 Å². The van der Waals surface area contributed by atoms with Crippen molar-refractivity contribution in [2.45, 2.75) is 52.1 Å². The van der Waals surface area contributed by atoms with Crippen molar-refractivity contribution in [3.05, 3.63) is 28.2 Å². The third-order valence-corrected chi connectivity index (χ3v) is 5.56. The molecule has 0 bridgehead atoms. The van der Waals surface area contributed by atoms with Gasteiger partial charge in [-0.1, -0.05) is 15.9 Å². The standard InChI is InChI=1S/C21H27BrN2O4/c1-21(2,3)28-20(27)24-10-8-13(9-11-24)4-6-15-18(25)16-12-14(22)5-7-17(16)23-19(15)26/h5,7,12-13H,4,6,8-11H2,1-3H3,(H2,23,25,26). The van der Waals surface area contributed by atoms with E-state index in [-0.39, 0.29) is 17.7 Å². The molecular weight excluding hydrogens is 424 g/mol. The zero-order chi connectivity index (χ0) is 20.5. The first-order valence-electron chi connectivity index (χ1n) is 9.62. The van der Waals surface area contributed by atoms with Crippen LogP contribution >= 0.6 is 15.9 Å². The maximum atomic E-state index is 12.2. The number of rotatable bonds is 3. The largest absolute Gasteiger partial charge is 0.507 e.